The molecule has 0 spiro atoms. The number of aryl methyl sites for hydroxylation is 1. The minimum absolute atomic E-state index is 0.136. The van der Waals surface area contributed by atoms with Gasteiger partial charge >= 0.3 is 5.97 Å². The fraction of sp³-hybridized carbons (Fsp3) is 0.143. The van der Waals surface area contributed by atoms with Crippen molar-refractivity contribution in [2.24, 2.45) is 0 Å². The SMILES string of the molecule is COc1ccc(/C=C(/C#N)C(=O)OCc2nc(-c3ccc(C)cc3)no2)cc1. The van der Waals surface area contributed by atoms with E-state index in [2.05, 4.69) is 10.1 Å². The second-order valence-corrected chi connectivity index (χ2v) is 5.90. The molecule has 3 aromatic rings. The van der Waals surface area contributed by atoms with Gasteiger partial charge in [0.05, 0.1) is 7.11 Å². The van der Waals surface area contributed by atoms with Gasteiger partial charge < -0.3 is 14.0 Å². The van der Waals surface area contributed by atoms with Gasteiger partial charge in [0.2, 0.25) is 5.82 Å². The molecule has 0 saturated heterocycles. The van der Waals surface area contributed by atoms with Gasteiger partial charge in [0.25, 0.3) is 5.89 Å². The van der Waals surface area contributed by atoms with Crippen LogP contribution in [-0.2, 0) is 16.1 Å². The van der Waals surface area contributed by atoms with E-state index in [0.29, 0.717) is 17.1 Å². The molecule has 140 valence electrons. The second kappa shape index (κ2) is 8.64. The summed E-state index contributed by atoms with van der Waals surface area (Å²) in [6.45, 7) is 1.76. The number of rotatable bonds is 6. The summed E-state index contributed by atoms with van der Waals surface area (Å²) in [6.07, 6.45) is 1.44. The van der Waals surface area contributed by atoms with Crippen LogP contribution >= 0.6 is 0 Å². The van der Waals surface area contributed by atoms with Gasteiger partial charge in [0.15, 0.2) is 6.61 Å². The lowest BCUT2D eigenvalue weighted by molar-refractivity contribution is -0.140. The van der Waals surface area contributed by atoms with Crippen molar-refractivity contribution < 1.29 is 18.8 Å². The molecule has 0 saturated carbocycles. The van der Waals surface area contributed by atoms with Crippen LogP contribution in [0.4, 0.5) is 0 Å². The van der Waals surface area contributed by atoms with Crippen LogP contribution in [0.15, 0.2) is 58.6 Å². The number of hydrogen-bond acceptors (Lipinski definition) is 7. The maximum Gasteiger partial charge on any atom is 0.349 e. The number of hydrogen-bond donors (Lipinski definition) is 0. The predicted molar refractivity (Wildman–Crippen MR) is 101 cm³/mol. The van der Waals surface area contributed by atoms with Gasteiger partial charge in [-0.2, -0.15) is 10.2 Å². The number of ether oxygens (including phenoxy) is 2. The fourth-order valence-electron chi connectivity index (χ4n) is 2.34. The molecule has 7 nitrogen and oxygen atoms in total. The van der Waals surface area contributed by atoms with E-state index in [0.717, 1.165) is 11.1 Å². The van der Waals surface area contributed by atoms with Crippen LogP contribution in [0.2, 0.25) is 0 Å². The van der Waals surface area contributed by atoms with Crippen molar-refractivity contribution in [2.45, 2.75) is 13.5 Å². The largest absolute Gasteiger partial charge is 0.497 e. The third-order valence-corrected chi connectivity index (χ3v) is 3.87. The van der Waals surface area contributed by atoms with E-state index in [-0.39, 0.29) is 18.1 Å². The van der Waals surface area contributed by atoms with E-state index < -0.39 is 5.97 Å². The summed E-state index contributed by atoms with van der Waals surface area (Å²) in [5.41, 5.74) is 2.45. The number of benzene rings is 2. The van der Waals surface area contributed by atoms with Crippen LogP contribution in [0.25, 0.3) is 17.5 Å². The molecule has 1 aromatic heterocycles. The topological polar surface area (TPSA) is 98.2 Å². The highest BCUT2D eigenvalue weighted by molar-refractivity contribution is 5.97. The number of nitrogens with zero attached hydrogens (tertiary/aromatic N) is 3. The van der Waals surface area contributed by atoms with E-state index in [1.165, 1.54) is 6.08 Å². The summed E-state index contributed by atoms with van der Waals surface area (Å²) in [4.78, 5) is 16.4. The first-order valence-electron chi connectivity index (χ1n) is 8.41. The normalized spacial score (nSPS) is 11.0. The van der Waals surface area contributed by atoms with Crippen LogP contribution in [0.3, 0.4) is 0 Å². The molecule has 1 heterocycles. The first kappa shape index (κ1) is 18.9. The highest BCUT2D eigenvalue weighted by Gasteiger charge is 2.14. The molecule has 0 atom stereocenters. The molecular formula is C21H17N3O4. The van der Waals surface area contributed by atoms with Crippen molar-refractivity contribution in [2.75, 3.05) is 7.11 Å². The summed E-state index contributed by atoms with van der Waals surface area (Å²) in [5.74, 6) is 0.457. The molecule has 0 radical (unpaired) electrons. The minimum atomic E-state index is -0.770. The third-order valence-electron chi connectivity index (χ3n) is 3.87. The Kier molecular flexibility index (Phi) is 5.82. The zero-order valence-corrected chi connectivity index (χ0v) is 15.4. The average Bonchev–Trinajstić information content (AvgIpc) is 3.20. The number of carbonyl (C=O) groups is 1. The highest BCUT2D eigenvalue weighted by Crippen LogP contribution is 2.17. The van der Waals surface area contributed by atoms with Crippen molar-refractivity contribution in [1.82, 2.24) is 10.1 Å². The van der Waals surface area contributed by atoms with E-state index in [9.17, 15) is 10.1 Å². The van der Waals surface area contributed by atoms with Crippen LogP contribution in [0.1, 0.15) is 17.0 Å². The number of esters is 1. The Morgan fingerprint density at radius 2 is 1.89 bits per heavy atom. The molecule has 0 fully saturated rings. The molecule has 0 aliphatic heterocycles. The first-order chi connectivity index (χ1) is 13.6. The van der Waals surface area contributed by atoms with Gasteiger partial charge in [-0.3, -0.25) is 0 Å². The molecule has 3 rings (SSSR count). The maximum atomic E-state index is 12.2. The number of methoxy groups -OCH3 is 1. The van der Waals surface area contributed by atoms with Gasteiger partial charge in [-0.05, 0) is 30.7 Å². The molecule has 0 N–H and O–H groups in total. The number of carbonyl (C=O) groups excluding carboxylic acids is 1. The summed E-state index contributed by atoms with van der Waals surface area (Å²) < 4.78 is 15.3. The lowest BCUT2D eigenvalue weighted by atomic mass is 10.1. The molecule has 0 aliphatic rings. The summed E-state index contributed by atoms with van der Waals surface area (Å²) in [6, 6.07) is 16.4. The smallest absolute Gasteiger partial charge is 0.349 e. The van der Waals surface area contributed by atoms with Gasteiger partial charge in [0.1, 0.15) is 17.4 Å². The Morgan fingerprint density at radius 1 is 1.18 bits per heavy atom. The van der Waals surface area contributed by atoms with Gasteiger partial charge in [-0.25, -0.2) is 4.79 Å². The Balaban J connectivity index is 1.64. The molecule has 28 heavy (non-hydrogen) atoms. The Labute approximate surface area is 161 Å². The van der Waals surface area contributed by atoms with E-state index in [1.54, 1.807) is 31.4 Å². The predicted octanol–water partition coefficient (Wildman–Crippen LogP) is 3.70. The monoisotopic (exact) mass is 375 g/mol. The van der Waals surface area contributed by atoms with E-state index in [1.807, 2.05) is 37.3 Å². The zero-order valence-electron chi connectivity index (χ0n) is 15.4. The first-order valence-corrected chi connectivity index (χ1v) is 8.41. The highest BCUT2D eigenvalue weighted by atomic mass is 16.6. The van der Waals surface area contributed by atoms with E-state index in [4.69, 9.17) is 14.0 Å². The van der Waals surface area contributed by atoms with Crippen molar-refractivity contribution in [3.63, 3.8) is 0 Å². The zero-order chi connectivity index (χ0) is 19.9. The second-order valence-electron chi connectivity index (χ2n) is 5.90. The van der Waals surface area contributed by atoms with Crippen LogP contribution in [-0.4, -0.2) is 23.2 Å². The Bertz CT molecular complexity index is 1030. The maximum absolute atomic E-state index is 12.2. The van der Waals surface area contributed by atoms with Crippen molar-refractivity contribution in [1.29, 1.82) is 5.26 Å². The van der Waals surface area contributed by atoms with E-state index >= 15 is 0 Å². The van der Waals surface area contributed by atoms with Crippen molar-refractivity contribution in [3.8, 4) is 23.2 Å². The van der Waals surface area contributed by atoms with Gasteiger partial charge in [-0.1, -0.05) is 47.1 Å². The summed E-state index contributed by atoms with van der Waals surface area (Å²) in [7, 11) is 1.56. The quantitative estimate of drug-likeness (QED) is 0.368. The average molecular weight is 375 g/mol. The lowest BCUT2D eigenvalue weighted by Gasteiger charge is -2.02. The number of nitriles is 1. The third kappa shape index (κ3) is 4.62. The van der Waals surface area contributed by atoms with Crippen LogP contribution < -0.4 is 4.74 Å². The molecule has 2 aromatic carbocycles. The summed E-state index contributed by atoms with van der Waals surface area (Å²) in [5, 5.41) is 13.1. The Hall–Kier alpha value is -3.92. The summed E-state index contributed by atoms with van der Waals surface area (Å²) >= 11 is 0. The van der Waals surface area contributed by atoms with Crippen molar-refractivity contribution >= 4 is 12.0 Å². The standard InChI is InChI=1S/C21H17N3O4/c1-14-3-7-16(8-4-14)20-23-19(28-24-20)13-27-21(25)17(12-22)11-15-5-9-18(26-2)10-6-15/h3-11H,13H2,1-2H3/b17-11-. The Morgan fingerprint density at radius 3 is 2.54 bits per heavy atom. The number of aromatic nitrogens is 2. The molecule has 0 amide bonds. The van der Waals surface area contributed by atoms with Crippen LogP contribution in [0, 0.1) is 18.3 Å². The minimum Gasteiger partial charge on any atom is -0.497 e. The molecular weight excluding hydrogens is 358 g/mol. The van der Waals surface area contributed by atoms with Gasteiger partial charge in [-0.15, -0.1) is 0 Å². The lowest BCUT2D eigenvalue weighted by Crippen LogP contribution is -2.07. The molecule has 0 unspecified atom stereocenters. The fourth-order valence-corrected chi connectivity index (χ4v) is 2.34. The van der Waals surface area contributed by atoms with Crippen LogP contribution in [0.5, 0.6) is 5.75 Å². The molecule has 0 bridgehead atoms. The molecule has 7 heteroatoms. The van der Waals surface area contributed by atoms with Crippen molar-refractivity contribution in [3.05, 3.63) is 71.1 Å². The van der Waals surface area contributed by atoms with Gasteiger partial charge in [0, 0.05) is 5.56 Å². The molecule has 0 aliphatic carbocycles.